The highest BCUT2D eigenvalue weighted by molar-refractivity contribution is 5.84. The summed E-state index contributed by atoms with van der Waals surface area (Å²) >= 11 is 0. The summed E-state index contributed by atoms with van der Waals surface area (Å²) in [5, 5.41) is 0. The Labute approximate surface area is 73.9 Å². The van der Waals surface area contributed by atoms with E-state index in [4.69, 9.17) is 5.73 Å². The lowest BCUT2D eigenvalue weighted by atomic mass is 9.89. The molecule has 1 amide bonds. The highest BCUT2D eigenvalue weighted by atomic mass is 16.2. The summed E-state index contributed by atoms with van der Waals surface area (Å²) in [5.74, 6) is 0.222. The maximum absolute atomic E-state index is 11.7. The molecule has 0 aromatic rings. The molecule has 70 valence electrons. The minimum absolute atomic E-state index is 0.222. The predicted octanol–water partition coefficient (Wildman–Crippen LogP) is 0.592. The molecule has 12 heavy (non-hydrogen) atoms. The van der Waals surface area contributed by atoms with Gasteiger partial charge in [0.1, 0.15) is 0 Å². The van der Waals surface area contributed by atoms with Crippen LogP contribution in [0.4, 0.5) is 0 Å². The van der Waals surface area contributed by atoms with E-state index in [0.29, 0.717) is 12.6 Å². The lowest BCUT2D eigenvalue weighted by molar-refractivity contribution is -0.136. The Hall–Kier alpha value is -0.570. The Kier molecular flexibility index (Phi) is 2.42. The number of hydrogen-bond acceptors (Lipinski definition) is 2. The highest BCUT2D eigenvalue weighted by Gasteiger charge is 2.42. The SMILES string of the molecule is CC(C)N1CCC(C)(CN)C1=O. The minimum atomic E-state index is -0.287. The molecule has 1 saturated heterocycles. The van der Waals surface area contributed by atoms with E-state index in [1.165, 1.54) is 0 Å². The van der Waals surface area contributed by atoms with Crippen LogP contribution in [0.25, 0.3) is 0 Å². The van der Waals surface area contributed by atoms with Crippen LogP contribution in [-0.2, 0) is 4.79 Å². The Morgan fingerprint density at radius 2 is 2.25 bits per heavy atom. The van der Waals surface area contributed by atoms with Crippen molar-refractivity contribution in [2.24, 2.45) is 11.1 Å². The van der Waals surface area contributed by atoms with Gasteiger partial charge >= 0.3 is 0 Å². The van der Waals surface area contributed by atoms with Gasteiger partial charge in [-0.15, -0.1) is 0 Å². The molecule has 0 bridgehead atoms. The summed E-state index contributed by atoms with van der Waals surface area (Å²) in [6.07, 6.45) is 0.903. The normalized spacial score (nSPS) is 30.4. The van der Waals surface area contributed by atoms with Gasteiger partial charge in [0, 0.05) is 19.1 Å². The molecule has 0 aromatic heterocycles. The average Bonchev–Trinajstić information content (AvgIpc) is 2.30. The maximum Gasteiger partial charge on any atom is 0.230 e. The zero-order chi connectivity index (χ0) is 9.35. The van der Waals surface area contributed by atoms with Crippen molar-refractivity contribution in [3.05, 3.63) is 0 Å². The second-order valence-electron chi connectivity index (χ2n) is 4.11. The van der Waals surface area contributed by atoms with Gasteiger partial charge < -0.3 is 10.6 Å². The quantitative estimate of drug-likeness (QED) is 0.659. The monoisotopic (exact) mass is 170 g/mol. The molecule has 1 unspecified atom stereocenters. The third-order valence-corrected chi connectivity index (χ3v) is 2.76. The molecule has 0 aromatic carbocycles. The van der Waals surface area contributed by atoms with E-state index in [1.807, 2.05) is 25.7 Å². The van der Waals surface area contributed by atoms with Crippen LogP contribution in [0.15, 0.2) is 0 Å². The zero-order valence-electron chi connectivity index (χ0n) is 8.13. The highest BCUT2D eigenvalue weighted by Crippen LogP contribution is 2.31. The van der Waals surface area contributed by atoms with E-state index < -0.39 is 0 Å². The van der Waals surface area contributed by atoms with E-state index in [9.17, 15) is 4.79 Å². The van der Waals surface area contributed by atoms with E-state index >= 15 is 0 Å². The zero-order valence-corrected chi connectivity index (χ0v) is 8.13. The molecule has 0 radical (unpaired) electrons. The lowest BCUT2D eigenvalue weighted by Crippen LogP contribution is -2.40. The van der Waals surface area contributed by atoms with Crippen LogP contribution in [0.2, 0.25) is 0 Å². The molecule has 2 N–H and O–H groups in total. The van der Waals surface area contributed by atoms with Crippen LogP contribution in [0.3, 0.4) is 0 Å². The molecule has 3 heteroatoms. The predicted molar refractivity (Wildman–Crippen MR) is 48.6 cm³/mol. The molecule has 0 spiro atoms. The third kappa shape index (κ3) is 1.33. The van der Waals surface area contributed by atoms with Crippen LogP contribution in [0.5, 0.6) is 0 Å². The summed E-state index contributed by atoms with van der Waals surface area (Å²) in [5.41, 5.74) is 5.29. The third-order valence-electron chi connectivity index (χ3n) is 2.76. The summed E-state index contributed by atoms with van der Waals surface area (Å²) in [4.78, 5) is 13.7. The Morgan fingerprint density at radius 3 is 2.50 bits per heavy atom. The van der Waals surface area contributed by atoms with E-state index in [0.717, 1.165) is 13.0 Å². The number of rotatable bonds is 2. The second kappa shape index (κ2) is 3.05. The average molecular weight is 170 g/mol. The van der Waals surface area contributed by atoms with Gasteiger partial charge in [-0.25, -0.2) is 0 Å². The molecule has 0 aliphatic carbocycles. The molecule has 3 nitrogen and oxygen atoms in total. The van der Waals surface area contributed by atoms with Crippen molar-refractivity contribution >= 4 is 5.91 Å². The van der Waals surface area contributed by atoms with Crippen molar-refractivity contribution in [3.8, 4) is 0 Å². The van der Waals surface area contributed by atoms with E-state index in [2.05, 4.69) is 0 Å². The largest absolute Gasteiger partial charge is 0.340 e. The first-order chi connectivity index (χ1) is 5.51. The lowest BCUT2D eigenvalue weighted by Gasteiger charge is -2.24. The Balaban J connectivity index is 2.74. The van der Waals surface area contributed by atoms with Gasteiger partial charge in [-0.3, -0.25) is 4.79 Å². The molecule has 0 saturated carbocycles. The van der Waals surface area contributed by atoms with Crippen molar-refractivity contribution in [3.63, 3.8) is 0 Å². The maximum atomic E-state index is 11.7. The standard InChI is InChI=1S/C9H18N2O/c1-7(2)11-5-4-9(3,6-10)8(11)12/h7H,4-6,10H2,1-3H3. The molecule has 1 aliphatic heterocycles. The van der Waals surface area contributed by atoms with Gasteiger partial charge in [-0.05, 0) is 27.2 Å². The number of carbonyl (C=O) groups excluding carboxylic acids is 1. The fourth-order valence-corrected chi connectivity index (χ4v) is 1.60. The number of hydrogen-bond donors (Lipinski definition) is 1. The van der Waals surface area contributed by atoms with Crippen molar-refractivity contribution in [1.29, 1.82) is 0 Å². The first-order valence-electron chi connectivity index (χ1n) is 4.52. The smallest absolute Gasteiger partial charge is 0.230 e. The summed E-state index contributed by atoms with van der Waals surface area (Å²) in [7, 11) is 0. The van der Waals surface area contributed by atoms with Crippen molar-refractivity contribution in [2.45, 2.75) is 33.2 Å². The van der Waals surface area contributed by atoms with E-state index in [-0.39, 0.29) is 11.3 Å². The summed E-state index contributed by atoms with van der Waals surface area (Å²) in [6.45, 7) is 7.37. The van der Waals surface area contributed by atoms with Gasteiger partial charge in [0.25, 0.3) is 0 Å². The van der Waals surface area contributed by atoms with Crippen LogP contribution in [-0.4, -0.2) is 29.9 Å². The second-order valence-corrected chi connectivity index (χ2v) is 4.11. The number of nitrogens with zero attached hydrogens (tertiary/aromatic N) is 1. The topological polar surface area (TPSA) is 46.3 Å². The van der Waals surface area contributed by atoms with Crippen molar-refractivity contribution < 1.29 is 4.79 Å². The van der Waals surface area contributed by atoms with Crippen molar-refractivity contribution in [1.82, 2.24) is 4.90 Å². The van der Waals surface area contributed by atoms with Crippen LogP contribution >= 0.6 is 0 Å². The Bertz CT molecular complexity index is 191. The van der Waals surface area contributed by atoms with Crippen LogP contribution < -0.4 is 5.73 Å². The minimum Gasteiger partial charge on any atom is -0.340 e. The van der Waals surface area contributed by atoms with Gasteiger partial charge in [0.15, 0.2) is 0 Å². The van der Waals surface area contributed by atoms with Crippen LogP contribution in [0, 0.1) is 5.41 Å². The number of carbonyl (C=O) groups is 1. The molecule has 1 rings (SSSR count). The molecule has 1 fully saturated rings. The van der Waals surface area contributed by atoms with Gasteiger partial charge in [0.05, 0.1) is 5.41 Å². The number of nitrogens with two attached hydrogens (primary N) is 1. The van der Waals surface area contributed by atoms with Crippen molar-refractivity contribution in [2.75, 3.05) is 13.1 Å². The first kappa shape index (κ1) is 9.52. The molecule has 1 atom stereocenters. The molecule has 1 heterocycles. The molecule has 1 aliphatic rings. The summed E-state index contributed by atoms with van der Waals surface area (Å²) in [6, 6.07) is 0.311. The van der Waals surface area contributed by atoms with Gasteiger partial charge in [-0.2, -0.15) is 0 Å². The first-order valence-corrected chi connectivity index (χ1v) is 4.52. The van der Waals surface area contributed by atoms with Gasteiger partial charge in [-0.1, -0.05) is 0 Å². The molecular formula is C9H18N2O. The molecular weight excluding hydrogens is 152 g/mol. The fourth-order valence-electron chi connectivity index (χ4n) is 1.60. The number of amides is 1. The van der Waals surface area contributed by atoms with E-state index in [1.54, 1.807) is 0 Å². The Morgan fingerprint density at radius 1 is 1.67 bits per heavy atom. The summed E-state index contributed by atoms with van der Waals surface area (Å²) < 4.78 is 0. The van der Waals surface area contributed by atoms with Crippen LogP contribution in [0.1, 0.15) is 27.2 Å². The fraction of sp³-hybridized carbons (Fsp3) is 0.889. The number of likely N-dealkylation sites (tertiary alicyclic amines) is 1. The van der Waals surface area contributed by atoms with Gasteiger partial charge in [0.2, 0.25) is 5.91 Å².